The third kappa shape index (κ3) is 3.02. The Labute approximate surface area is 156 Å². The Bertz CT molecular complexity index is 1070. The Kier molecular flexibility index (Phi) is 4.52. The number of hydrogen-bond donors (Lipinski definition) is 3. The molecule has 0 unspecified atom stereocenters. The summed E-state index contributed by atoms with van der Waals surface area (Å²) in [6, 6.07) is 11.7. The van der Waals surface area contributed by atoms with Gasteiger partial charge in [0.2, 0.25) is 0 Å². The molecule has 0 radical (unpaired) electrons. The number of aromatic nitrogens is 3. The molecule has 0 aliphatic heterocycles. The number of para-hydroxylation sites is 2. The van der Waals surface area contributed by atoms with Gasteiger partial charge in [-0.2, -0.15) is 0 Å². The van der Waals surface area contributed by atoms with Crippen LogP contribution in [0.1, 0.15) is 0 Å². The molecule has 7 nitrogen and oxygen atoms in total. The maximum absolute atomic E-state index is 5.73. The normalized spacial score (nSPS) is 11.1. The molecule has 0 bridgehead atoms. The van der Waals surface area contributed by atoms with E-state index in [9.17, 15) is 0 Å². The lowest BCUT2D eigenvalue weighted by Gasteiger charge is -2.15. The van der Waals surface area contributed by atoms with Gasteiger partial charge in [0.1, 0.15) is 5.82 Å². The number of benzene rings is 2. The highest BCUT2D eigenvalue weighted by molar-refractivity contribution is 6.00. The molecule has 2 aromatic carbocycles. The highest BCUT2D eigenvalue weighted by atomic mass is 16.5. The molecule has 0 saturated carbocycles. The topological polar surface area (TPSA) is 98.1 Å². The molecule has 0 amide bonds. The van der Waals surface area contributed by atoms with Crippen molar-refractivity contribution < 1.29 is 9.47 Å². The van der Waals surface area contributed by atoms with Crippen molar-refractivity contribution in [1.29, 1.82) is 0 Å². The summed E-state index contributed by atoms with van der Waals surface area (Å²) >= 11 is 0. The summed E-state index contributed by atoms with van der Waals surface area (Å²) in [6.45, 7) is 1.14. The Morgan fingerprint density at radius 3 is 2.59 bits per heavy atom. The molecule has 0 aliphatic carbocycles. The van der Waals surface area contributed by atoms with Gasteiger partial charge in [0.25, 0.3) is 0 Å². The quantitative estimate of drug-likeness (QED) is 0.487. The van der Waals surface area contributed by atoms with Crippen molar-refractivity contribution in [3.8, 4) is 22.9 Å². The second-order valence-electron chi connectivity index (χ2n) is 6.09. The van der Waals surface area contributed by atoms with Gasteiger partial charge in [0.05, 0.1) is 42.0 Å². The average molecular weight is 363 g/mol. The first-order chi connectivity index (χ1) is 13.2. The van der Waals surface area contributed by atoms with Crippen molar-refractivity contribution in [3.63, 3.8) is 0 Å². The van der Waals surface area contributed by atoms with E-state index < -0.39 is 0 Å². The van der Waals surface area contributed by atoms with Crippen LogP contribution in [0.4, 0.5) is 5.69 Å². The Morgan fingerprint density at radius 2 is 1.85 bits per heavy atom. The Balaban J connectivity index is 1.95. The summed E-state index contributed by atoms with van der Waals surface area (Å²) in [6.07, 6.45) is 1.81. The Hall–Kier alpha value is -3.32. The lowest BCUT2D eigenvalue weighted by Crippen LogP contribution is -2.14. The summed E-state index contributed by atoms with van der Waals surface area (Å²) in [5.74, 6) is 2.03. The number of rotatable bonds is 6. The van der Waals surface area contributed by atoms with Crippen molar-refractivity contribution in [2.45, 2.75) is 0 Å². The molecule has 4 rings (SSSR count). The number of nitrogens with one attached hydrogen (secondary N) is 2. The molecule has 0 fully saturated rings. The van der Waals surface area contributed by atoms with Crippen LogP contribution in [0.25, 0.3) is 33.3 Å². The van der Waals surface area contributed by atoms with Crippen molar-refractivity contribution in [2.75, 3.05) is 32.6 Å². The monoisotopic (exact) mass is 363 g/mol. The van der Waals surface area contributed by atoms with E-state index >= 15 is 0 Å². The zero-order chi connectivity index (χ0) is 18.8. The first-order valence-electron chi connectivity index (χ1n) is 8.69. The van der Waals surface area contributed by atoms with E-state index in [2.05, 4.69) is 15.3 Å². The molecule has 0 atom stereocenters. The van der Waals surface area contributed by atoms with Gasteiger partial charge in [0, 0.05) is 30.7 Å². The molecule has 7 heteroatoms. The smallest absolute Gasteiger partial charge is 0.162 e. The number of fused-ring (bicyclic) bond motifs is 2. The fraction of sp³-hybridized carbons (Fsp3) is 0.200. The van der Waals surface area contributed by atoms with Crippen molar-refractivity contribution in [3.05, 3.63) is 42.6 Å². The predicted molar refractivity (Wildman–Crippen MR) is 107 cm³/mol. The lowest BCUT2D eigenvalue weighted by molar-refractivity contribution is 0.356. The van der Waals surface area contributed by atoms with E-state index in [0.29, 0.717) is 24.6 Å². The molecular weight excluding hydrogens is 342 g/mol. The molecule has 0 spiro atoms. The van der Waals surface area contributed by atoms with E-state index in [1.165, 1.54) is 0 Å². The van der Waals surface area contributed by atoms with E-state index in [1.807, 2.05) is 42.6 Å². The summed E-state index contributed by atoms with van der Waals surface area (Å²) in [5, 5.41) is 4.33. The van der Waals surface area contributed by atoms with E-state index in [4.69, 9.17) is 20.2 Å². The summed E-state index contributed by atoms with van der Waals surface area (Å²) in [5.41, 5.74) is 10.2. The summed E-state index contributed by atoms with van der Waals surface area (Å²) in [7, 11) is 3.23. The van der Waals surface area contributed by atoms with Gasteiger partial charge in [0.15, 0.2) is 11.5 Å². The number of methoxy groups -OCH3 is 2. The largest absolute Gasteiger partial charge is 0.493 e. The Morgan fingerprint density at radius 1 is 1.07 bits per heavy atom. The number of nitrogens with two attached hydrogens (primary N) is 1. The van der Waals surface area contributed by atoms with Gasteiger partial charge < -0.3 is 25.5 Å². The number of pyridine rings is 1. The van der Waals surface area contributed by atoms with Crippen LogP contribution in [0.3, 0.4) is 0 Å². The first kappa shape index (κ1) is 17.1. The van der Waals surface area contributed by atoms with Crippen LogP contribution in [-0.2, 0) is 0 Å². The van der Waals surface area contributed by atoms with E-state index in [-0.39, 0.29) is 0 Å². The summed E-state index contributed by atoms with van der Waals surface area (Å²) in [4.78, 5) is 12.7. The van der Waals surface area contributed by atoms with Crippen LogP contribution in [0.15, 0.2) is 42.6 Å². The van der Waals surface area contributed by atoms with Crippen LogP contribution in [0, 0.1) is 0 Å². The van der Waals surface area contributed by atoms with Gasteiger partial charge in [-0.15, -0.1) is 0 Å². The van der Waals surface area contributed by atoms with Gasteiger partial charge in [-0.25, -0.2) is 4.98 Å². The number of hydrogen-bond acceptors (Lipinski definition) is 6. The molecule has 4 aromatic rings. The standard InChI is InChI=1S/C20H21N5O2/c1-26-17-9-12-16(10-18(17)27-2)23-11-13(19(12)22-8-7-21)20-24-14-5-3-4-6-15(14)25-20/h3-6,9-11H,7-8,21H2,1-2H3,(H,22,23)(H,24,25). The number of nitrogens with zero attached hydrogens (tertiary/aromatic N) is 2. The maximum atomic E-state index is 5.73. The molecule has 0 saturated heterocycles. The highest BCUT2D eigenvalue weighted by Crippen LogP contribution is 2.38. The lowest BCUT2D eigenvalue weighted by atomic mass is 10.1. The zero-order valence-corrected chi connectivity index (χ0v) is 15.2. The third-order valence-corrected chi connectivity index (χ3v) is 4.46. The van der Waals surface area contributed by atoms with Crippen LogP contribution >= 0.6 is 0 Å². The molecular formula is C20H21N5O2. The van der Waals surface area contributed by atoms with Crippen LogP contribution in [-0.4, -0.2) is 42.3 Å². The van der Waals surface area contributed by atoms with E-state index in [1.54, 1.807) is 14.2 Å². The van der Waals surface area contributed by atoms with Gasteiger partial charge in [-0.1, -0.05) is 12.1 Å². The van der Waals surface area contributed by atoms with Gasteiger partial charge in [-0.3, -0.25) is 4.98 Å². The highest BCUT2D eigenvalue weighted by Gasteiger charge is 2.16. The minimum absolute atomic E-state index is 0.511. The minimum Gasteiger partial charge on any atom is -0.493 e. The minimum atomic E-state index is 0.511. The van der Waals surface area contributed by atoms with E-state index in [0.717, 1.165) is 39.0 Å². The van der Waals surface area contributed by atoms with Crippen LogP contribution in [0.5, 0.6) is 11.5 Å². The second-order valence-corrected chi connectivity index (χ2v) is 6.09. The fourth-order valence-corrected chi connectivity index (χ4v) is 3.17. The van der Waals surface area contributed by atoms with Gasteiger partial charge in [-0.05, 0) is 18.2 Å². The van der Waals surface area contributed by atoms with Crippen LogP contribution < -0.4 is 20.5 Å². The number of H-pyrrole nitrogens is 1. The molecule has 0 aliphatic rings. The number of aromatic amines is 1. The zero-order valence-electron chi connectivity index (χ0n) is 15.2. The number of anilines is 1. The van der Waals surface area contributed by atoms with Crippen molar-refractivity contribution in [1.82, 2.24) is 15.0 Å². The molecule has 138 valence electrons. The summed E-state index contributed by atoms with van der Waals surface area (Å²) < 4.78 is 10.9. The predicted octanol–water partition coefficient (Wildman–Crippen LogP) is 3.17. The number of ether oxygens (including phenoxy) is 2. The van der Waals surface area contributed by atoms with Gasteiger partial charge >= 0.3 is 0 Å². The fourth-order valence-electron chi connectivity index (χ4n) is 3.17. The van der Waals surface area contributed by atoms with Crippen molar-refractivity contribution >= 4 is 27.6 Å². The second kappa shape index (κ2) is 7.13. The molecule has 27 heavy (non-hydrogen) atoms. The first-order valence-corrected chi connectivity index (χ1v) is 8.69. The molecule has 2 heterocycles. The maximum Gasteiger partial charge on any atom is 0.162 e. The molecule has 4 N–H and O–H groups in total. The van der Waals surface area contributed by atoms with Crippen LogP contribution in [0.2, 0.25) is 0 Å². The van der Waals surface area contributed by atoms with Crippen molar-refractivity contribution in [2.24, 2.45) is 5.73 Å². The third-order valence-electron chi connectivity index (χ3n) is 4.46. The number of imidazole rings is 1. The SMILES string of the molecule is COc1cc2ncc(-c3nc4ccccc4[nH]3)c(NCCN)c2cc1OC. The average Bonchev–Trinajstić information content (AvgIpc) is 3.14. The molecule has 2 aromatic heterocycles.